The van der Waals surface area contributed by atoms with Gasteiger partial charge < -0.3 is 10.0 Å². The van der Waals surface area contributed by atoms with E-state index in [-0.39, 0.29) is 11.5 Å². The van der Waals surface area contributed by atoms with Crippen LogP contribution in [0.4, 0.5) is 0 Å². The molecule has 0 spiro atoms. The highest BCUT2D eigenvalue weighted by Crippen LogP contribution is 2.24. The maximum atomic E-state index is 12.4. The van der Waals surface area contributed by atoms with Gasteiger partial charge in [0.05, 0.1) is 11.5 Å². The number of sulfonamides is 1. The van der Waals surface area contributed by atoms with Crippen molar-refractivity contribution in [3.8, 4) is 0 Å². The van der Waals surface area contributed by atoms with Crippen molar-refractivity contribution in [1.82, 2.24) is 9.21 Å². The number of nitrogens with zero attached hydrogens (tertiary/aromatic N) is 2. The van der Waals surface area contributed by atoms with E-state index in [9.17, 15) is 13.5 Å². The van der Waals surface area contributed by atoms with Crippen LogP contribution < -0.4 is 0 Å². The van der Waals surface area contributed by atoms with Crippen LogP contribution in [0, 0.1) is 0 Å². The van der Waals surface area contributed by atoms with Crippen molar-refractivity contribution in [2.45, 2.75) is 24.3 Å². The Morgan fingerprint density at radius 1 is 1.42 bits per heavy atom. The van der Waals surface area contributed by atoms with E-state index in [2.05, 4.69) is 4.90 Å². The van der Waals surface area contributed by atoms with Gasteiger partial charge in [0.15, 0.2) is 0 Å². The van der Waals surface area contributed by atoms with Gasteiger partial charge >= 0.3 is 0 Å². The van der Waals surface area contributed by atoms with Crippen LogP contribution in [-0.2, 0) is 16.6 Å². The molecule has 1 fully saturated rings. The zero-order valence-corrected chi connectivity index (χ0v) is 12.7. The van der Waals surface area contributed by atoms with Crippen LogP contribution in [0.25, 0.3) is 0 Å². The molecule has 0 saturated carbocycles. The Morgan fingerprint density at radius 3 is 2.74 bits per heavy atom. The summed E-state index contributed by atoms with van der Waals surface area (Å²) < 4.78 is 26.1. The number of likely N-dealkylation sites (tertiary alicyclic amines) is 1. The van der Waals surface area contributed by atoms with E-state index in [1.165, 1.54) is 28.5 Å². The molecule has 19 heavy (non-hydrogen) atoms. The van der Waals surface area contributed by atoms with Crippen molar-refractivity contribution in [2.24, 2.45) is 0 Å². The normalized spacial score (nSPS) is 17.4. The van der Waals surface area contributed by atoms with Gasteiger partial charge in [-0.05, 0) is 37.4 Å². The van der Waals surface area contributed by atoms with Gasteiger partial charge in [0.2, 0.25) is 10.0 Å². The maximum absolute atomic E-state index is 12.4. The highest BCUT2D eigenvalue weighted by atomic mass is 32.2. The SMILES string of the molecule is CN(CCN1CCCC1)S(=O)(=O)c1ccsc1CO. The summed E-state index contributed by atoms with van der Waals surface area (Å²) in [6, 6.07) is 1.57. The summed E-state index contributed by atoms with van der Waals surface area (Å²) in [5.41, 5.74) is 0. The summed E-state index contributed by atoms with van der Waals surface area (Å²) in [6.07, 6.45) is 2.41. The van der Waals surface area contributed by atoms with Crippen molar-refractivity contribution < 1.29 is 13.5 Å². The Hall–Kier alpha value is -0.470. The van der Waals surface area contributed by atoms with Gasteiger partial charge in [-0.3, -0.25) is 0 Å². The summed E-state index contributed by atoms with van der Waals surface area (Å²) in [7, 11) is -1.87. The summed E-state index contributed by atoms with van der Waals surface area (Å²) in [6.45, 7) is 3.16. The first kappa shape index (κ1) is 14.9. The van der Waals surface area contributed by atoms with E-state index in [0.717, 1.165) is 19.6 Å². The number of hydrogen-bond acceptors (Lipinski definition) is 5. The first-order chi connectivity index (χ1) is 9.05. The zero-order chi connectivity index (χ0) is 13.9. The van der Waals surface area contributed by atoms with E-state index in [0.29, 0.717) is 11.4 Å². The predicted molar refractivity (Wildman–Crippen MR) is 75.7 cm³/mol. The van der Waals surface area contributed by atoms with Crippen molar-refractivity contribution >= 4 is 21.4 Å². The molecule has 0 amide bonds. The largest absolute Gasteiger partial charge is 0.391 e. The minimum absolute atomic E-state index is 0.230. The quantitative estimate of drug-likeness (QED) is 0.850. The molecule has 1 aromatic heterocycles. The fourth-order valence-corrected chi connectivity index (χ4v) is 4.67. The molecule has 0 radical (unpaired) electrons. The summed E-state index contributed by atoms with van der Waals surface area (Å²) >= 11 is 1.27. The van der Waals surface area contributed by atoms with Crippen LogP contribution in [0.1, 0.15) is 17.7 Å². The predicted octanol–water partition coefficient (Wildman–Crippen LogP) is 0.957. The summed E-state index contributed by atoms with van der Waals surface area (Å²) in [5.74, 6) is 0. The first-order valence-corrected chi connectivity index (χ1v) is 8.73. The van der Waals surface area contributed by atoms with Crippen LogP contribution in [-0.4, -0.2) is 56.0 Å². The van der Waals surface area contributed by atoms with Gasteiger partial charge in [0.1, 0.15) is 0 Å². The molecule has 5 nitrogen and oxygen atoms in total. The van der Waals surface area contributed by atoms with Crippen LogP contribution in [0.5, 0.6) is 0 Å². The highest BCUT2D eigenvalue weighted by Gasteiger charge is 2.25. The minimum Gasteiger partial charge on any atom is -0.391 e. The first-order valence-electron chi connectivity index (χ1n) is 6.41. The zero-order valence-electron chi connectivity index (χ0n) is 11.1. The number of hydrogen-bond donors (Lipinski definition) is 1. The molecule has 1 aliphatic rings. The molecule has 0 aromatic carbocycles. The lowest BCUT2D eigenvalue weighted by molar-refractivity contribution is 0.282. The van der Waals surface area contributed by atoms with Crippen LogP contribution in [0.3, 0.4) is 0 Å². The molecular formula is C12H20N2O3S2. The van der Waals surface area contributed by atoms with Crippen molar-refractivity contribution in [3.05, 3.63) is 16.3 Å². The third-order valence-corrected chi connectivity index (χ3v) is 6.44. The monoisotopic (exact) mass is 304 g/mol. The Bertz CT molecular complexity index is 507. The molecule has 2 rings (SSSR count). The summed E-state index contributed by atoms with van der Waals surface area (Å²) in [4.78, 5) is 3.03. The lowest BCUT2D eigenvalue weighted by Crippen LogP contribution is -2.35. The van der Waals surface area contributed by atoms with Crippen molar-refractivity contribution in [2.75, 3.05) is 33.2 Å². The Kier molecular flexibility index (Phi) is 4.97. The van der Waals surface area contributed by atoms with E-state index >= 15 is 0 Å². The van der Waals surface area contributed by atoms with Crippen LogP contribution in [0.2, 0.25) is 0 Å². The van der Waals surface area contributed by atoms with Gasteiger partial charge in [-0.25, -0.2) is 8.42 Å². The summed E-state index contributed by atoms with van der Waals surface area (Å²) in [5, 5.41) is 10.9. The molecule has 0 bridgehead atoms. The number of thiophene rings is 1. The Balaban J connectivity index is 2.02. The molecule has 1 saturated heterocycles. The van der Waals surface area contributed by atoms with E-state index in [4.69, 9.17) is 0 Å². The molecule has 2 heterocycles. The molecule has 0 atom stereocenters. The molecule has 0 unspecified atom stereocenters. The van der Waals surface area contributed by atoms with Gasteiger partial charge in [-0.2, -0.15) is 4.31 Å². The smallest absolute Gasteiger partial charge is 0.244 e. The molecule has 1 aliphatic heterocycles. The van der Waals surface area contributed by atoms with Crippen molar-refractivity contribution in [1.29, 1.82) is 0 Å². The van der Waals surface area contributed by atoms with Gasteiger partial charge in [0, 0.05) is 25.0 Å². The topological polar surface area (TPSA) is 60.9 Å². The molecule has 108 valence electrons. The fourth-order valence-electron chi connectivity index (χ4n) is 2.25. The second kappa shape index (κ2) is 6.32. The lowest BCUT2D eigenvalue weighted by atomic mass is 10.4. The number of aliphatic hydroxyl groups is 1. The standard InChI is InChI=1S/C12H20N2O3S2/c1-13(7-8-14-5-2-3-6-14)19(16,17)12-4-9-18-11(12)10-15/h4,9,15H,2-3,5-8,10H2,1H3. The Morgan fingerprint density at radius 2 is 2.11 bits per heavy atom. The number of aliphatic hydroxyl groups excluding tert-OH is 1. The fraction of sp³-hybridized carbons (Fsp3) is 0.667. The molecular weight excluding hydrogens is 284 g/mol. The second-order valence-corrected chi connectivity index (χ2v) is 7.76. The highest BCUT2D eigenvalue weighted by molar-refractivity contribution is 7.89. The third-order valence-electron chi connectivity index (χ3n) is 3.47. The Labute approximate surface area is 118 Å². The van der Waals surface area contributed by atoms with Gasteiger partial charge in [-0.15, -0.1) is 11.3 Å². The second-order valence-electron chi connectivity index (χ2n) is 4.74. The number of rotatable bonds is 6. The average molecular weight is 304 g/mol. The molecule has 7 heteroatoms. The molecule has 0 aliphatic carbocycles. The third kappa shape index (κ3) is 3.35. The maximum Gasteiger partial charge on any atom is 0.244 e. The lowest BCUT2D eigenvalue weighted by Gasteiger charge is -2.21. The number of likely N-dealkylation sites (N-methyl/N-ethyl adjacent to an activating group) is 1. The minimum atomic E-state index is -3.47. The van der Waals surface area contributed by atoms with E-state index in [1.54, 1.807) is 18.5 Å². The molecule has 1 N–H and O–H groups in total. The average Bonchev–Trinajstić information content (AvgIpc) is 3.06. The molecule has 1 aromatic rings. The van der Waals surface area contributed by atoms with Gasteiger partial charge in [0.25, 0.3) is 0 Å². The van der Waals surface area contributed by atoms with Crippen LogP contribution in [0.15, 0.2) is 16.3 Å². The van der Waals surface area contributed by atoms with Crippen LogP contribution >= 0.6 is 11.3 Å². The van der Waals surface area contributed by atoms with E-state index in [1.807, 2.05) is 0 Å². The van der Waals surface area contributed by atoms with Gasteiger partial charge in [-0.1, -0.05) is 0 Å². The van der Waals surface area contributed by atoms with E-state index < -0.39 is 10.0 Å². The van der Waals surface area contributed by atoms with Crippen molar-refractivity contribution in [3.63, 3.8) is 0 Å².